The molecule has 0 aromatic heterocycles. The van der Waals surface area contributed by atoms with E-state index in [0.29, 0.717) is 11.4 Å². The molecule has 2 unspecified atom stereocenters. The Kier molecular flexibility index (Phi) is 3.33. The van der Waals surface area contributed by atoms with Gasteiger partial charge in [-0.1, -0.05) is 23.7 Å². The lowest BCUT2D eigenvalue weighted by atomic mass is 10.0. The van der Waals surface area contributed by atoms with E-state index < -0.39 is 24.0 Å². The third-order valence-electron chi connectivity index (χ3n) is 2.72. The van der Waals surface area contributed by atoms with Gasteiger partial charge in [-0.15, -0.1) is 0 Å². The SMILES string of the molecule is COC(=O)C1CC(c2ccc(Cl)cc2)OC1=O. The number of esters is 2. The quantitative estimate of drug-likeness (QED) is 0.599. The van der Waals surface area contributed by atoms with Gasteiger partial charge in [-0.2, -0.15) is 0 Å². The monoisotopic (exact) mass is 254 g/mol. The summed E-state index contributed by atoms with van der Waals surface area (Å²) in [5.74, 6) is -1.90. The van der Waals surface area contributed by atoms with Crippen LogP contribution in [0, 0.1) is 5.92 Å². The van der Waals surface area contributed by atoms with Gasteiger partial charge in [0, 0.05) is 11.4 Å². The molecule has 1 aliphatic heterocycles. The molecule has 17 heavy (non-hydrogen) atoms. The highest BCUT2D eigenvalue weighted by molar-refractivity contribution is 6.30. The van der Waals surface area contributed by atoms with Crippen molar-refractivity contribution in [1.82, 2.24) is 0 Å². The molecule has 4 nitrogen and oxygen atoms in total. The number of carbonyl (C=O) groups is 2. The van der Waals surface area contributed by atoms with E-state index in [4.69, 9.17) is 16.3 Å². The molecule has 1 aliphatic rings. The van der Waals surface area contributed by atoms with E-state index in [-0.39, 0.29) is 0 Å². The maximum absolute atomic E-state index is 11.5. The van der Waals surface area contributed by atoms with Crippen LogP contribution in [-0.4, -0.2) is 19.0 Å². The minimum absolute atomic E-state index is 0.313. The van der Waals surface area contributed by atoms with Crippen molar-refractivity contribution in [2.24, 2.45) is 5.92 Å². The number of ether oxygens (including phenoxy) is 2. The number of halogens is 1. The fraction of sp³-hybridized carbons (Fsp3) is 0.333. The van der Waals surface area contributed by atoms with Crippen LogP contribution >= 0.6 is 11.6 Å². The average Bonchev–Trinajstić information content (AvgIpc) is 2.71. The number of cyclic esters (lactones) is 1. The van der Waals surface area contributed by atoms with Crippen molar-refractivity contribution in [3.8, 4) is 0 Å². The van der Waals surface area contributed by atoms with Gasteiger partial charge in [0.25, 0.3) is 0 Å². The van der Waals surface area contributed by atoms with E-state index in [0.717, 1.165) is 5.56 Å². The fourth-order valence-corrected chi connectivity index (χ4v) is 1.92. The zero-order valence-electron chi connectivity index (χ0n) is 9.18. The molecule has 90 valence electrons. The second kappa shape index (κ2) is 4.75. The van der Waals surface area contributed by atoms with Crippen molar-refractivity contribution >= 4 is 23.5 Å². The molecular formula is C12H11ClO4. The van der Waals surface area contributed by atoms with Gasteiger partial charge in [0.05, 0.1) is 7.11 Å². The molecule has 0 radical (unpaired) electrons. The summed E-state index contributed by atoms with van der Waals surface area (Å²) in [4.78, 5) is 22.8. The number of benzene rings is 1. The Bertz CT molecular complexity index is 440. The van der Waals surface area contributed by atoms with Crippen LogP contribution in [0.15, 0.2) is 24.3 Å². The third-order valence-corrected chi connectivity index (χ3v) is 2.97. The molecule has 1 saturated heterocycles. The first kappa shape index (κ1) is 11.9. The summed E-state index contributed by atoms with van der Waals surface area (Å²) >= 11 is 5.77. The Morgan fingerprint density at radius 3 is 2.65 bits per heavy atom. The van der Waals surface area contributed by atoms with Crippen LogP contribution in [0.2, 0.25) is 5.02 Å². The topological polar surface area (TPSA) is 52.6 Å². The number of methoxy groups -OCH3 is 1. The minimum atomic E-state index is -0.819. The standard InChI is InChI=1S/C12H11ClO4/c1-16-11(14)9-6-10(17-12(9)15)7-2-4-8(13)5-3-7/h2-5,9-10H,6H2,1H3. The molecule has 0 amide bonds. The number of carbonyl (C=O) groups excluding carboxylic acids is 2. The summed E-state index contributed by atoms with van der Waals surface area (Å²) in [7, 11) is 1.26. The van der Waals surface area contributed by atoms with E-state index in [9.17, 15) is 9.59 Å². The molecule has 0 bridgehead atoms. The van der Waals surface area contributed by atoms with Gasteiger partial charge in [-0.25, -0.2) is 0 Å². The normalized spacial score (nSPS) is 23.3. The van der Waals surface area contributed by atoms with Crippen LogP contribution < -0.4 is 0 Å². The molecule has 2 atom stereocenters. The van der Waals surface area contributed by atoms with Crippen LogP contribution in [0.3, 0.4) is 0 Å². The second-order valence-electron chi connectivity index (χ2n) is 3.79. The van der Waals surface area contributed by atoms with Gasteiger partial charge in [-0.05, 0) is 17.7 Å². The molecule has 2 rings (SSSR count). The van der Waals surface area contributed by atoms with Gasteiger partial charge < -0.3 is 9.47 Å². The van der Waals surface area contributed by atoms with Crippen molar-refractivity contribution in [1.29, 1.82) is 0 Å². The van der Waals surface area contributed by atoms with Crippen LogP contribution in [-0.2, 0) is 19.1 Å². The van der Waals surface area contributed by atoms with Gasteiger partial charge in [0.2, 0.25) is 0 Å². The zero-order valence-corrected chi connectivity index (χ0v) is 9.94. The van der Waals surface area contributed by atoms with Gasteiger partial charge in [0.15, 0.2) is 5.92 Å². The lowest BCUT2D eigenvalue weighted by Gasteiger charge is -2.08. The second-order valence-corrected chi connectivity index (χ2v) is 4.22. The van der Waals surface area contributed by atoms with Gasteiger partial charge >= 0.3 is 11.9 Å². The molecule has 0 saturated carbocycles. The summed E-state index contributed by atoms with van der Waals surface area (Å²) in [6.45, 7) is 0. The molecule has 1 aromatic rings. The van der Waals surface area contributed by atoms with Crippen LogP contribution in [0.4, 0.5) is 0 Å². The lowest BCUT2D eigenvalue weighted by molar-refractivity contribution is -0.154. The van der Waals surface area contributed by atoms with E-state index >= 15 is 0 Å². The Morgan fingerprint density at radius 1 is 1.41 bits per heavy atom. The molecule has 1 aromatic carbocycles. The zero-order chi connectivity index (χ0) is 12.4. The predicted octanol–water partition coefficient (Wildman–Crippen LogP) is 2.12. The third kappa shape index (κ3) is 2.42. The van der Waals surface area contributed by atoms with Crippen molar-refractivity contribution in [3.63, 3.8) is 0 Å². The Labute approximate surface area is 103 Å². The van der Waals surface area contributed by atoms with Crippen LogP contribution in [0.1, 0.15) is 18.1 Å². The Morgan fingerprint density at radius 2 is 2.06 bits per heavy atom. The molecule has 1 fully saturated rings. The highest BCUT2D eigenvalue weighted by atomic mass is 35.5. The molecule has 0 spiro atoms. The van der Waals surface area contributed by atoms with E-state index in [1.54, 1.807) is 24.3 Å². The van der Waals surface area contributed by atoms with Crippen LogP contribution in [0.5, 0.6) is 0 Å². The lowest BCUT2D eigenvalue weighted by Crippen LogP contribution is -2.20. The average molecular weight is 255 g/mol. The summed E-state index contributed by atoms with van der Waals surface area (Å²) in [5, 5.41) is 0.614. The number of rotatable bonds is 2. The minimum Gasteiger partial charge on any atom is -0.468 e. The smallest absolute Gasteiger partial charge is 0.321 e. The highest BCUT2D eigenvalue weighted by Gasteiger charge is 2.40. The fourth-order valence-electron chi connectivity index (χ4n) is 1.80. The van der Waals surface area contributed by atoms with E-state index in [1.807, 2.05) is 0 Å². The Balaban J connectivity index is 2.13. The molecule has 5 heteroatoms. The van der Waals surface area contributed by atoms with Crippen molar-refractivity contribution in [3.05, 3.63) is 34.9 Å². The predicted molar refractivity (Wildman–Crippen MR) is 60.4 cm³/mol. The Hall–Kier alpha value is -1.55. The van der Waals surface area contributed by atoms with Crippen molar-refractivity contribution < 1.29 is 19.1 Å². The summed E-state index contributed by atoms with van der Waals surface area (Å²) in [6.07, 6.45) is -0.0866. The summed E-state index contributed by atoms with van der Waals surface area (Å²) < 4.78 is 9.69. The largest absolute Gasteiger partial charge is 0.468 e. The first-order chi connectivity index (χ1) is 8.11. The summed E-state index contributed by atoms with van der Waals surface area (Å²) in [6, 6.07) is 6.99. The molecular weight excluding hydrogens is 244 g/mol. The van der Waals surface area contributed by atoms with Crippen molar-refractivity contribution in [2.75, 3.05) is 7.11 Å². The highest BCUT2D eigenvalue weighted by Crippen LogP contribution is 2.34. The molecule has 1 heterocycles. The van der Waals surface area contributed by atoms with Gasteiger partial charge in [0.1, 0.15) is 6.10 Å². The molecule has 0 aliphatic carbocycles. The van der Waals surface area contributed by atoms with Gasteiger partial charge in [-0.3, -0.25) is 9.59 Å². The van der Waals surface area contributed by atoms with E-state index in [1.165, 1.54) is 7.11 Å². The number of hydrogen-bond acceptors (Lipinski definition) is 4. The van der Waals surface area contributed by atoms with Crippen molar-refractivity contribution in [2.45, 2.75) is 12.5 Å². The molecule has 0 N–H and O–H groups in total. The number of hydrogen-bond donors (Lipinski definition) is 0. The first-order valence-corrected chi connectivity index (χ1v) is 5.53. The summed E-state index contributed by atoms with van der Waals surface area (Å²) in [5.41, 5.74) is 0.828. The van der Waals surface area contributed by atoms with Crippen LogP contribution in [0.25, 0.3) is 0 Å². The maximum Gasteiger partial charge on any atom is 0.321 e. The maximum atomic E-state index is 11.5. The first-order valence-electron chi connectivity index (χ1n) is 5.15. The van der Waals surface area contributed by atoms with E-state index in [2.05, 4.69) is 4.74 Å².